The molecule has 0 bridgehead atoms. The minimum absolute atomic E-state index is 0.113. The lowest BCUT2D eigenvalue weighted by atomic mass is 10.0. The molecule has 6 nitrogen and oxygen atoms in total. The fraction of sp³-hybridized carbons (Fsp3) is 0.160. The molecular formula is C25H25N3O3S. The number of benzene rings is 3. The maximum absolute atomic E-state index is 12.6. The van der Waals surface area contributed by atoms with E-state index in [0.29, 0.717) is 30.0 Å². The van der Waals surface area contributed by atoms with Crippen molar-refractivity contribution in [1.29, 1.82) is 0 Å². The molecule has 7 heteroatoms. The molecule has 164 valence electrons. The van der Waals surface area contributed by atoms with Crippen LogP contribution in [0.4, 0.5) is 5.69 Å². The molecule has 0 aromatic heterocycles. The first-order valence-corrected chi connectivity index (χ1v) is 10.6. The largest absolute Gasteiger partial charge is 0.385 e. The van der Waals surface area contributed by atoms with E-state index in [1.165, 1.54) is 0 Å². The molecule has 32 heavy (non-hydrogen) atoms. The van der Waals surface area contributed by atoms with Crippen molar-refractivity contribution in [2.45, 2.75) is 6.42 Å². The van der Waals surface area contributed by atoms with Crippen molar-refractivity contribution < 1.29 is 14.3 Å². The van der Waals surface area contributed by atoms with Gasteiger partial charge in [0, 0.05) is 25.8 Å². The Balaban J connectivity index is 1.60. The Bertz CT molecular complexity index is 1070. The van der Waals surface area contributed by atoms with Crippen molar-refractivity contribution in [3.05, 3.63) is 90.0 Å². The molecule has 0 unspecified atom stereocenters. The maximum Gasteiger partial charge on any atom is 0.257 e. The summed E-state index contributed by atoms with van der Waals surface area (Å²) in [5.41, 5.74) is 3.54. The van der Waals surface area contributed by atoms with Crippen LogP contribution in [0.25, 0.3) is 11.1 Å². The monoisotopic (exact) mass is 447 g/mol. The third-order valence-corrected chi connectivity index (χ3v) is 4.92. The fourth-order valence-corrected chi connectivity index (χ4v) is 3.28. The van der Waals surface area contributed by atoms with Gasteiger partial charge >= 0.3 is 0 Å². The first-order chi connectivity index (χ1) is 15.6. The van der Waals surface area contributed by atoms with Gasteiger partial charge in [-0.25, -0.2) is 0 Å². The summed E-state index contributed by atoms with van der Waals surface area (Å²) >= 11 is 5.29. The SMILES string of the molecule is COCCCNC(=O)c1ccccc1NC(=S)NC(=O)c1ccc(-c2ccccc2)cc1. The minimum Gasteiger partial charge on any atom is -0.385 e. The zero-order valence-electron chi connectivity index (χ0n) is 17.8. The second-order valence-electron chi connectivity index (χ2n) is 7.00. The first-order valence-electron chi connectivity index (χ1n) is 10.2. The van der Waals surface area contributed by atoms with E-state index in [1.54, 1.807) is 43.5 Å². The highest BCUT2D eigenvalue weighted by molar-refractivity contribution is 7.80. The van der Waals surface area contributed by atoms with Crippen molar-refractivity contribution >= 4 is 34.8 Å². The van der Waals surface area contributed by atoms with E-state index >= 15 is 0 Å². The number of hydrogen-bond donors (Lipinski definition) is 3. The molecule has 0 atom stereocenters. The summed E-state index contributed by atoms with van der Waals surface area (Å²) in [7, 11) is 1.62. The Labute approximate surface area is 193 Å². The van der Waals surface area contributed by atoms with Crippen LogP contribution >= 0.6 is 12.2 Å². The smallest absolute Gasteiger partial charge is 0.257 e. The molecule has 3 aromatic carbocycles. The zero-order valence-corrected chi connectivity index (χ0v) is 18.6. The number of anilines is 1. The van der Waals surface area contributed by atoms with Crippen molar-refractivity contribution in [3.63, 3.8) is 0 Å². The number of methoxy groups -OCH3 is 1. The predicted molar refractivity (Wildman–Crippen MR) is 131 cm³/mol. The number of carbonyl (C=O) groups excluding carboxylic acids is 2. The molecule has 0 radical (unpaired) electrons. The van der Waals surface area contributed by atoms with Gasteiger partial charge in [-0.2, -0.15) is 0 Å². The normalized spacial score (nSPS) is 10.3. The average molecular weight is 448 g/mol. The Hall–Kier alpha value is -3.55. The van der Waals surface area contributed by atoms with Crippen LogP contribution in [-0.2, 0) is 4.74 Å². The van der Waals surface area contributed by atoms with Crippen molar-refractivity contribution in [2.24, 2.45) is 0 Å². The highest BCUT2D eigenvalue weighted by atomic mass is 32.1. The lowest BCUT2D eigenvalue weighted by molar-refractivity contribution is 0.0947. The van der Waals surface area contributed by atoms with Crippen molar-refractivity contribution in [1.82, 2.24) is 10.6 Å². The molecule has 3 aromatic rings. The van der Waals surface area contributed by atoms with E-state index in [4.69, 9.17) is 17.0 Å². The molecule has 0 saturated carbocycles. The minimum atomic E-state index is -0.330. The lowest BCUT2D eigenvalue weighted by Gasteiger charge is -2.14. The molecular weight excluding hydrogens is 422 g/mol. The number of hydrogen-bond acceptors (Lipinski definition) is 4. The van der Waals surface area contributed by atoms with E-state index in [0.717, 1.165) is 17.5 Å². The number of nitrogens with one attached hydrogen (secondary N) is 3. The molecule has 0 heterocycles. The highest BCUT2D eigenvalue weighted by Gasteiger charge is 2.13. The number of carbonyl (C=O) groups is 2. The van der Waals surface area contributed by atoms with Gasteiger partial charge in [0.15, 0.2) is 5.11 Å². The maximum atomic E-state index is 12.6. The summed E-state index contributed by atoms with van der Waals surface area (Å²) in [4.78, 5) is 25.1. The molecule has 2 amide bonds. The van der Waals surface area contributed by atoms with Crippen LogP contribution in [0.2, 0.25) is 0 Å². The molecule has 0 spiro atoms. The Morgan fingerprint density at radius 1 is 0.844 bits per heavy atom. The molecule has 0 aliphatic carbocycles. The third kappa shape index (κ3) is 6.47. The lowest BCUT2D eigenvalue weighted by Crippen LogP contribution is -2.35. The van der Waals surface area contributed by atoms with Crippen molar-refractivity contribution in [2.75, 3.05) is 25.6 Å². The van der Waals surface area contributed by atoms with Crippen LogP contribution < -0.4 is 16.0 Å². The highest BCUT2D eigenvalue weighted by Crippen LogP contribution is 2.19. The second kappa shape index (κ2) is 11.7. The van der Waals surface area contributed by atoms with E-state index in [-0.39, 0.29) is 16.9 Å². The third-order valence-electron chi connectivity index (χ3n) is 4.71. The number of rotatable bonds is 8. The van der Waals surface area contributed by atoms with Crippen LogP contribution in [0, 0.1) is 0 Å². The topological polar surface area (TPSA) is 79.5 Å². The van der Waals surface area contributed by atoms with E-state index in [1.807, 2.05) is 42.5 Å². The zero-order chi connectivity index (χ0) is 22.8. The van der Waals surface area contributed by atoms with Gasteiger partial charge in [-0.15, -0.1) is 0 Å². The summed E-state index contributed by atoms with van der Waals surface area (Å²) in [6.45, 7) is 1.07. The van der Waals surface area contributed by atoms with Gasteiger partial charge < -0.3 is 15.4 Å². The van der Waals surface area contributed by atoms with Crippen molar-refractivity contribution in [3.8, 4) is 11.1 Å². The van der Waals surface area contributed by atoms with Crippen LogP contribution in [0.3, 0.4) is 0 Å². The summed E-state index contributed by atoms with van der Waals surface area (Å²) in [5.74, 6) is -0.557. The summed E-state index contributed by atoms with van der Waals surface area (Å²) in [5, 5.41) is 8.56. The molecule has 3 rings (SSSR count). The van der Waals surface area contributed by atoms with Gasteiger partial charge in [0.05, 0.1) is 11.3 Å². The quantitative estimate of drug-likeness (QED) is 0.355. The molecule has 0 saturated heterocycles. The van der Waals surface area contributed by atoms with Gasteiger partial charge in [-0.3, -0.25) is 14.9 Å². The standard InChI is InChI=1S/C25H25N3O3S/c1-31-17-7-16-26-24(30)21-10-5-6-11-22(21)27-25(32)28-23(29)20-14-12-19(13-15-20)18-8-3-2-4-9-18/h2-6,8-15H,7,16-17H2,1H3,(H,26,30)(H2,27,28,29,32). The Kier molecular flexibility index (Phi) is 8.48. The van der Waals surface area contributed by atoms with Gasteiger partial charge in [0.25, 0.3) is 11.8 Å². The predicted octanol–water partition coefficient (Wildman–Crippen LogP) is 4.25. The van der Waals surface area contributed by atoms with Crippen LogP contribution in [-0.4, -0.2) is 37.2 Å². The Morgan fingerprint density at radius 3 is 2.22 bits per heavy atom. The van der Waals surface area contributed by atoms with Crippen LogP contribution in [0.15, 0.2) is 78.9 Å². The first kappa shape index (κ1) is 23.1. The number of amides is 2. The molecule has 0 aliphatic rings. The molecule has 0 aliphatic heterocycles. The van der Waals surface area contributed by atoms with Crippen LogP contribution in [0.1, 0.15) is 27.1 Å². The Morgan fingerprint density at radius 2 is 1.50 bits per heavy atom. The van der Waals surface area contributed by atoms with Crippen LogP contribution in [0.5, 0.6) is 0 Å². The molecule has 0 fully saturated rings. The van der Waals surface area contributed by atoms with Gasteiger partial charge in [-0.1, -0.05) is 54.6 Å². The average Bonchev–Trinajstić information content (AvgIpc) is 2.82. The van der Waals surface area contributed by atoms with E-state index < -0.39 is 0 Å². The summed E-state index contributed by atoms with van der Waals surface area (Å²) < 4.78 is 4.99. The molecule has 3 N–H and O–H groups in total. The fourth-order valence-electron chi connectivity index (χ4n) is 3.08. The number of para-hydroxylation sites is 1. The summed E-state index contributed by atoms with van der Waals surface area (Å²) in [6, 6.07) is 24.2. The van der Waals surface area contributed by atoms with Gasteiger partial charge in [-0.05, 0) is 54.0 Å². The van der Waals surface area contributed by atoms with E-state index in [2.05, 4.69) is 16.0 Å². The van der Waals surface area contributed by atoms with Gasteiger partial charge in [0.2, 0.25) is 0 Å². The van der Waals surface area contributed by atoms with E-state index in [9.17, 15) is 9.59 Å². The number of thiocarbonyl (C=S) groups is 1. The van der Waals surface area contributed by atoms with Gasteiger partial charge in [0.1, 0.15) is 0 Å². The number of ether oxygens (including phenoxy) is 1. The second-order valence-corrected chi connectivity index (χ2v) is 7.41. The summed E-state index contributed by atoms with van der Waals surface area (Å²) in [6.07, 6.45) is 0.718.